The zero-order valence-electron chi connectivity index (χ0n) is 8.77. The Morgan fingerprint density at radius 3 is 2.33 bits per heavy atom. The molecule has 74 valence electrons. The van der Waals surface area contributed by atoms with Crippen LogP contribution in [0, 0.1) is 5.92 Å². The van der Waals surface area contributed by atoms with Gasteiger partial charge in [-0.05, 0) is 25.8 Å². The Hall–Kier alpha value is -0.0800. The van der Waals surface area contributed by atoms with Crippen molar-refractivity contribution in [2.24, 2.45) is 11.7 Å². The summed E-state index contributed by atoms with van der Waals surface area (Å²) < 4.78 is 0. The third kappa shape index (κ3) is 8.02. The van der Waals surface area contributed by atoms with Crippen molar-refractivity contribution in [2.45, 2.75) is 46.1 Å². The summed E-state index contributed by atoms with van der Waals surface area (Å²) in [5, 5.41) is 3.38. The number of hydrogen-bond acceptors (Lipinski definition) is 2. The second-order valence-electron chi connectivity index (χ2n) is 3.98. The molecule has 0 aromatic rings. The monoisotopic (exact) mass is 172 g/mol. The van der Waals surface area contributed by atoms with Gasteiger partial charge in [-0.2, -0.15) is 0 Å². The summed E-state index contributed by atoms with van der Waals surface area (Å²) >= 11 is 0. The van der Waals surface area contributed by atoms with Crippen LogP contribution in [0.3, 0.4) is 0 Å². The highest BCUT2D eigenvalue weighted by Gasteiger charge is 1.97. The maximum Gasteiger partial charge on any atom is 0.0161 e. The zero-order valence-corrected chi connectivity index (χ0v) is 8.77. The predicted molar refractivity (Wildman–Crippen MR) is 55.2 cm³/mol. The van der Waals surface area contributed by atoms with Gasteiger partial charge in [-0.25, -0.2) is 0 Å². The summed E-state index contributed by atoms with van der Waals surface area (Å²) in [5.41, 5.74) is 5.47. The van der Waals surface area contributed by atoms with Crippen LogP contribution in [-0.4, -0.2) is 19.1 Å². The molecule has 0 saturated carbocycles. The molecule has 0 amide bonds. The van der Waals surface area contributed by atoms with Crippen molar-refractivity contribution in [2.75, 3.05) is 13.1 Å². The molecule has 1 atom stereocenters. The summed E-state index contributed by atoms with van der Waals surface area (Å²) in [4.78, 5) is 0. The standard InChI is InChI=1S/C10H24N2/c1-9(2)6-4-5-7-12-10(3)8-11/h9-10,12H,4-8,11H2,1-3H3. The Kier molecular flexibility index (Phi) is 7.51. The first-order valence-corrected chi connectivity index (χ1v) is 5.10. The van der Waals surface area contributed by atoms with Crippen molar-refractivity contribution in [3.63, 3.8) is 0 Å². The average molecular weight is 172 g/mol. The van der Waals surface area contributed by atoms with E-state index < -0.39 is 0 Å². The van der Waals surface area contributed by atoms with Gasteiger partial charge in [0.25, 0.3) is 0 Å². The molecule has 3 N–H and O–H groups in total. The van der Waals surface area contributed by atoms with Crippen LogP contribution in [0.25, 0.3) is 0 Å². The number of nitrogens with one attached hydrogen (secondary N) is 1. The molecule has 0 aliphatic heterocycles. The van der Waals surface area contributed by atoms with Gasteiger partial charge in [0.2, 0.25) is 0 Å². The molecule has 0 rings (SSSR count). The van der Waals surface area contributed by atoms with Crippen LogP contribution < -0.4 is 11.1 Å². The SMILES string of the molecule is CC(C)CCCCNC(C)CN. The summed E-state index contributed by atoms with van der Waals surface area (Å²) in [6.45, 7) is 8.53. The van der Waals surface area contributed by atoms with E-state index in [1.165, 1.54) is 19.3 Å². The molecule has 1 unspecified atom stereocenters. The van der Waals surface area contributed by atoms with Gasteiger partial charge in [0, 0.05) is 12.6 Å². The van der Waals surface area contributed by atoms with Crippen LogP contribution >= 0.6 is 0 Å². The van der Waals surface area contributed by atoms with Crippen LogP contribution in [0.1, 0.15) is 40.0 Å². The highest BCUT2D eigenvalue weighted by atomic mass is 14.9. The summed E-state index contributed by atoms with van der Waals surface area (Å²) in [6, 6.07) is 0.476. The van der Waals surface area contributed by atoms with Crippen LogP contribution in [0.15, 0.2) is 0 Å². The molecule has 12 heavy (non-hydrogen) atoms. The molecule has 0 heterocycles. The van der Waals surface area contributed by atoms with Gasteiger partial charge in [-0.15, -0.1) is 0 Å². The Morgan fingerprint density at radius 2 is 1.83 bits per heavy atom. The van der Waals surface area contributed by atoms with Crippen LogP contribution in [0.4, 0.5) is 0 Å². The summed E-state index contributed by atoms with van der Waals surface area (Å²) in [5.74, 6) is 0.844. The molecule has 2 heteroatoms. The minimum absolute atomic E-state index is 0.476. The van der Waals surface area contributed by atoms with Crippen molar-refractivity contribution >= 4 is 0 Å². The highest BCUT2D eigenvalue weighted by Crippen LogP contribution is 2.04. The van der Waals surface area contributed by atoms with Crippen LogP contribution in [0.2, 0.25) is 0 Å². The van der Waals surface area contributed by atoms with Crippen molar-refractivity contribution in [3.8, 4) is 0 Å². The third-order valence-corrected chi connectivity index (χ3v) is 2.05. The molecule has 0 aromatic carbocycles. The minimum Gasteiger partial charge on any atom is -0.329 e. The Morgan fingerprint density at radius 1 is 1.17 bits per heavy atom. The number of nitrogens with two attached hydrogens (primary N) is 1. The largest absolute Gasteiger partial charge is 0.329 e. The van der Waals surface area contributed by atoms with Crippen molar-refractivity contribution < 1.29 is 0 Å². The Bertz CT molecular complexity index is 91.8. The van der Waals surface area contributed by atoms with Crippen molar-refractivity contribution in [3.05, 3.63) is 0 Å². The molecule has 0 aliphatic carbocycles. The molecule has 2 nitrogen and oxygen atoms in total. The third-order valence-electron chi connectivity index (χ3n) is 2.05. The van der Waals surface area contributed by atoms with E-state index in [1.807, 2.05) is 0 Å². The quantitative estimate of drug-likeness (QED) is 0.574. The summed E-state index contributed by atoms with van der Waals surface area (Å²) in [7, 11) is 0. The van der Waals surface area contributed by atoms with E-state index in [0.29, 0.717) is 6.04 Å². The van der Waals surface area contributed by atoms with Gasteiger partial charge >= 0.3 is 0 Å². The van der Waals surface area contributed by atoms with Crippen LogP contribution in [-0.2, 0) is 0 Å². The van der Waals surface area contributed by atoms with Crippen molar-refractivity contribution in [1.29, 1.82) is 0 Å². The Labute approximate surface area is 76.9 Å². The van der Waals surface area contributed by atoms with E-state index >= 15 is 0 Å². The molecule has 0 radical (unpaired) electrons. The molecule has 0 aliphatic rings. The minimum atomic E-state index is 0.476. The number of rotatable bonds is 7. The van der Waals surface area contributed by atoms with Gasteiger partial charge in [0.15, 0.2) is 0 Å². The first-order chi connectivity index (χ1) is 5.66. The fourth-order valence-corrected chi connectivity index (χ4v) is 1.11. The Balaban J connectivity index is 3.00. The normalized spacial score (nSPS) is 13.8. The van der Waals surface area contributed by atoms with Gasteiger partial charge < -0.3 is 11.1 Å². The van der Waals surface area contributed by atoms with Gasteiger partial charge in [-0.3, -0.25) is 0 Å². The smallest absolute Gasteiger partial charge is 0.0161 e. The summed E-state index contributed by atoms with van der Waals surface area (Å²) in [6.07, 6.45) is 3.96. The van der Waals surface area contributed by atoms with E-state index in [0.717, 1.165) is 19.0 Å². The average Bonchev–Trinajstić information content (AvgIpc) is 2.03. The van der Waals surface area contributed by atoms with Crippen molar-refractivity contribution in [1.82, 2.24) is 5.32 Å². The van der Waals surface area contributed by atoms with E-state index in [-0.39, 0.29) is 0 Å². The lowest BCUT2D eigenvalue weighted by Crippen LogP contribution is -2.33. The maximum absolute atomic E-state index is 5.47. The molecule has 0 aromatic heterocycles. The first kappa shape index (κ1) is 11.9. The van der Waals surface area contributed by atoms with E-state index in [1.54, 1.807) is 0 Å². The molecule has 0 saturated heterocycles. The van der Waals surface area contributed by atoms with E-state index in [9.17, 15) is 0 Å². The maximum atomic E-state index is 5.47. The zero-order chi connectivity index (χ0) is 9.40. The number of unbranched alkanes of at least 4 members (excludes halogenated alkanes) is 1. The lowest BCUT2D eigenvalue weighted by molar-refractivity contribution is 0.493. The van der Waals surface area contributed by atoms with Crippen LogP contribution in [0.5, 0.6) is 0 Å². The van der Waals surface area contributed by atoms with Gasteiger partial charge in [-0.1, -0.05) is 26.7 Å². The lowest BCUT2D eigenvalue weighted by atomic mass is 10.1. The second kappa shape index (κ2) is 7.56. The topological polar surface area (TPSA) is 38.0 Å². The highest BCUT2D eigenvalue weighted by molar-refractivity contribution is 4.60. The molecule has 0 bridgehead atoms. The fraction of sp³-hybridized carbons (Fsp3) is 1.00. The van der Waals surface area contributed by atoms with Gasteiger partial charge in [0.1, 0.15) is 0 Å². The second-order valence-corrected chi connectivity index (χ2v) is 3.98. The number of hydrogen-bond donors (Lipinski definition) is 2. The molecule has 0 spiro atoms. The lowest BCUT2D eigenvalue weighted by Gasteiger charge is -2.10. The molecular weight excluding hydrogens is 148 g/mol. The molecular formula is C10H24N2. The van der Waals surface area contributed by atoms with E-state index in [4.69, 9.17) is 5.73 Å². The van der Waals surface area contributed by atoms with Gasteiger partial charge in [0.05, 0.1) is 0 Å². The first-order valence-electron chi connectivity index (χ1n) is 5.10. The predicted octanol–water partition coefficient (Wildman–Crippen LogP) is 1.75. The fourth-order valence-electron chi connectivity index (χ4n) is 1.11. The van der Waals surface area contributed by atoms with E-state index in [2.05, 4.69) is 26.1 Å². The molecule has 0 fully saturated rings.